The molecule has 0 radical (unpaired) electrons. The van der Waals surface area contributed by atoms with Crippen LogP contribution in [-0.4, -0.2) is 105 Å². The number of esters is 2. The average molecular weight is 599 g/mol. The Morgan fingerprint density at radius 2 is 1.58 bits per heavy atom. The van der Waals surface area contributed by atoms with E-state index in [2.05, 4.69) is 0 Å². The molecule has 0 amide bonds. The Morgan fingerprint density at radius 1 is 0.907 bits per heavy atom. The van der Waals surface area contributed by atoms with Gasteiger partial charge in [-0.2, -0.15) is 0 Å². The summed E-state index contributed by atoms with van der Waals surface area (Å²) in [5.74, 6) is -3.27. The molecule has 43 heavy (non-hydrogen) atoms. The topological polar surface area (TPSA) is 191 Å². The lowest BCUT2D eigenvalue weighted by atomic mass is 9.08. The molecule has 6 fully saturated rings. The molecule has 5 N–H and O–H groups in total. The van der Waals surface area contributed by atoms with E-state index in [4.69, 9.17) is 28.4 Å². The van der Waals surface area contributed by atoms with Crippen LogP contribution in [-0.2, 0) is 28.4 Å². The summed E-state index contributed by atoms with van der Waals surface area (Å²) in [6, 6.07) is 13.8. The zero-order valence-electron chi connectivity index (χ0n) is 22.9. The predicted molar refractivity (Wildman–Crippen MR) is 138 cm³/mol. The Hall–Kier alpha value is -3.14. The predicted octanol–water partition coefficient (Wildman–Crippen LogP) is -0.177. The number of fused-ring (bicyclic) bond motifs is 2. The van der Waals surface area contributed by atoms with E-state index >= 15 is 0 Å². The second kappa shape index (κ2) is 8.52. The summed E-state index contributed by atoms with van der Waals surface area (Å²) in [5.41, 5.74) is -3.69. The van der Waals surface area contributed by atoms with Gasteiger partial charge in [0.1, 0.15) is 60.0 Å². The quantitative estimate of drug-likeness (QED) is 0.252. The van der Waals surface area contributed by atoms with Crippen molar-refractivity contribution in [3.05, 3.63) is 65.7 Å². The molecule has 13 heteroatoms. The van der Waals surface area contributed by atoms with Gasteiger partial charge in [-0.1, -0.05) is 18.2 Å². The molecule has 3 aliphatic heterocycles. The maximum atomic E-state index is 12.9. The number of carbonyl (C=O) groups excluding carboxylic acids is 2. The van der Waals surface area contributed by atoms with Crippen molar-refractivity contribution in [3.8, 4) is 5.75 Å². The number of benzene rings is 2. The number of carbonyl (C=O) groups is 2. The highest BCUT2D eigenvalue weighted by molar-refractivity contribution is 5.90. The van der Waals surface area contributed by atoms with Crippen LogP contribution >= 0.6 is 0 Å². The Kier molecular flexibility index (Phi) is 5.43. The smallest absolute Gasteiger partial charge is 0.338 e. The van der Waals surface area contributed by atoms with E-state index in [1.165, 1.54) is 24.3 Å². The molecule has 3 unspecified atom stereocenters. The largest absolute Gasteiger partial charge is 0.508 e. The number of aliphatic hydroxyl groups excluding tert-OH is 3. The van der Waals surface area contributed by atoms with E-state index in [0.29, 0.717) is 0 Å². The molecule has 1 spiro atoms. The number of phenolic OH excluding ortho intramolecular Hbond substituents is 1. The van der Waals surface area contributed by atoms with Gasteiger partial charge in [0, 0.05) is 5.92 Å². The summed E-state index contributed by atoms with van der Waals surface area (Å²) in [6.07, 6.45) is -8.23. The highest BCUT2D eigenvalue weighted by Gasteiger charge is 3.18. The molecular formula is C30H30O13. The van der Waals surface area contributed by atoms with Crippen LogP contribution in [0, 0.1) is 16.7 Å². The van der Waals surface area contributed by atoms with Crippen LogP contribution < -0.4 is 0 Å². The van der Waals surface area contributed by atoms with Crippen LogP contribution in [0.25, 0.3) is 0 Å². The lowest BCUT2D eigenvalue weighted by molar-refractivity contribution is -0.792. The van der Waals surface area contributed by atoms with E-state index in [9.17, 15) is 35.1 Å². The minimum Gasteiger partial charge on any atom is -0.508 e. The average Bonchev–Trinajstić information content (AvgIpc) is 2.99. The number of phenols is 1. The highest BCUT2D eigenvalue weighted by atomic mass is 16.8. The SMILES string of the molecule is C[C@@]12O[C@H]3O[C@@]4(O)C5CC1(O[C@@H]1O[C@H](COC(=O)c6ccccc6)[C@@H](O)[C@H](O)[C@H]1O)[C@]5(COC(=O)c1ccc(O)cc1)C324. The number of aliphatic hydroxyl groups is 4. The second-order valence-electron chi connectivity index (χ2n) is 12.4. The zero-order valence-corrected chi connectivity index (χ0v) is 22.9. The van der Waals surface area contributed by atoms with E-state index in [-0.39, 0.29) is 29.9 Å². The standard InChI is InChI=1S/C30H30O13/c1-26-28(41-24-21(34)20(33)19(32)17(40-24)12-38-22(35)14-5-3-2-4-6-14)11-18-27(28,29(26)25(42-26)43-30(18,29)37)13-39-23(36)15-7-9-16(31)10-8-15/h2-10,17-21,24-25,31-34,37H,11-13H2,1H3/t17-,18?,19-,20+,21-,24+,25+,26-,27-,28?,29?,30+/m1/s1. The second-order valence-corrected chi connectivity index (χ2v) is 12.4. The molecule has 228 valence electrons. The van der Waals surface area contributed by atoms with E-state index < -0.39 is 89.3 Å². The molecule has 3 saturated heterocycles. The van der Waals surface area contributed by atoms with Crippen molar-refractivity contribution in [1.29, 1.82) is 0 Å². The minimum absolute atomic E-state index is 0.00555. The normalized spacial score (nSPS) is 47.6. The van der Waals surface area contributed by atoms with Gasteiger partial charge in [0.2, 0.25) is 0 Å². The Labute approximate surface area is 244 Å². The minimum atomic E-state index is -1.70. The molecule has 3 heterocycles. The van der Waals surface area contributed by atoms with Gasteiger partial charge in [0.25, 0.3) is 0 Å². The number of hydrogen-bond acceptors (Lipinski definition) is 13. The summed E-state index contributed by atoms with van der Waals surface area (Å²) in [6.45, 7) is 1.16. The fourth-order valence-electron chi connectivity index (χ4n) is 9.07. The third kappa shape index (κ3) is 2.82. The first kappa shape index (κ1) is 27.4. The monoisotopic (exact) mass is 598 g/mol. The van der Waals surface area contributed by atoms with Crippen LogP contribution in [0.1, 0.15) is 34.1 Å². The van der Waals surface area contributed by atoms with Crippen molar-refractivity contribution >= 4 is 11.9 Å². The molecule has 13 nitrogen and oxygen atoms in total. The van der Waals surface area contributed by atoms with Gasteiger partial charge in [-0.25, -0.2) is 9.59 Å². The summed E-state index contributed by atoms with van der Waals surface area (Å²) in [5, 5.41) is 53.1. The first-order chi connectivity index (χ1) is 20.5. The summed E-state index contributed by atoms with van der Waals surface area (Å²) in [7, 11) is 0. The summed E-state index contributed by atoms with van der Waals surface area (Å²) in [4.78, 5) is 25.4. The van der Waals surface area contributed by atoms with Crippen LogP contribution in [0.2, 0.25) is 0 Å². The molecule has 12 atom stereocenters. The van der Waals surface area contributed by atoms with Gasteiger partial charge < -0.3 is 54.0 Å². The molecule has 6 aliphatic rings. The first-order valence-corrected chi connectivity index (χ1v) is 14.1. The third-order valence-corrected chi connectivity index (χ3v) is 11.0. The van der Waals surface area contributed by atoms with Gasteiger partial charge >= 0.3 is 11.9 Å². The lowest BCUT2D eigenvalue weighted by Crippen LogP contribution is -3.20. The van der Waals surface area contributed by atoms with Crippen LogP contribution in [0.5, 0.6) is 5.75 Å². The molecule has 3 saturated carbocycles. The molecule has 8 rings (SSSR count). The Morgan fingerprint density at radius 3 is 2.28 bits per heavy atom. The van der Waals surface area contributed by atoms with E-state index in [1.54, 1.807) is 37.3 Å². The summed E-state index contributed by atoms with van der Waals surface area (Å²) >= 11 is 0. The number of ether oxygens (including phenoxy) is 6. The molecular weight excluding hydrogens is 568 g/mol. The van der Waals surface area contributed by atoms with Crippen molar-refractivity contribution in [1.82, 2.24) is 0 Å². The van der Waals surface area contributed by atoms with Crippen molar-refractivity contribution in [3.63, 3.8) is 0 Å². The number of rotatable bonds is 8. The maximum absolute atomic E-state index is 12.9. The third-order valence-electron chi connectivity index (χ3n) is 11.0. The van der Waals surface area contributed by atoms with E-state index in [1.807, 2.05) is 0 Å². The van der Waals surface area contributed by atoms with Crippen LogP contribution in [0.4, 0.5) is 0 Å². The van der Waals surface area contributed by atoms with Gasteiger partial charge in [0.05, 0.1) is 16.5 Å². The molecule has 0 aromatic heterocycles. The first-order valence-electron chi connectivity index (χ1n) is 14.1. The maximum Gasteiger partial charge on any atom is 0.338 e. The number of hydrogen-bond donors (Lipinski definition) is 5. The Balaban J connectivity index is 1.03. The molecule has 2 aromatic rings. The Bertz CT molecular complexity index is 1500. The van der Waals surface area contributed by atoms with E-state index in [0.717, 1.165) is 0 Å². The molecule has 0 bridgehead atoms. The zero-order chi connectivity index (χ0) is 30.2. The van der Waals surface area contributed by atoms with Crippen molar-refractivity contribution < 1.29 is 63.5 Å². The molecule has 3 aliphatic carbocycles. The van der Waals surface area contributed by atoms with Gasteiger partial charge in [-0.05, 0) is 49.7 Å². The van der Waals surface area contributed by atoms with Gasteiger partial charge in [-0.3, -0.25) is 0 Å². The van der Waals surface area contributed by atoms with Crippen molar-refractivity contribution in [2.45, 2.75) is 67.3 Å². The summed E-state index contributed by atoms with van der Waals surface area (Å²) < 4.78 is 35.1. The fraction of sp³-hybridized carbons (Fsp3) is 0.533. The molecule has 2 aromatic carbocycles. The van der Waals surface area contributed by atoms with Crippen molar-refractivity contribution in [2.75, 3.05) is 13.2 Å². The highest BCUT2D eigenvalue weighted by Crippen LogP contribution is 3.03. The fourth-order valence-corrected chi connectivity index (χ4v) is 9.07. The van der Waals surface area contributed by atoms with Gasteiger partial charge in [-0.15, -0.1) is 0 Å². The number of aromatic hydroxyl groups is 1. The van der Waals surface area contributed by atoms with Crippen LogP contribution in [0.15, 0.2) is 54.6 Å². The lowest BCUT2D eigenvalue weighted by Gasteiger charge is -3.05. The van der Waals surface area contributed by atoms with Gasteiger partial charge in [0.15, 0.2) is 18.4 Å². The van der Waals surface area contributed by atoms with Crippen molar-refractivity contribution in [2.24, 2.45) is 16.7 Å². The van der Waals surface area contributed by atoms with Crippen LogP contribution in [0.3, 0.4) is 0 Å².